The molecule has 0 fully saturated rings. The van der Waals surface area contributed by atoms with Gasteiger partial charge in [-0.05, 0) is 54.3 Å². The molecule has 0 bridgehead atoms. The summed E-state index contributed by atoms with van der Waals surface area (Å²) in [4.78, 5) is 18.0. The van der Waals surface area contributed by atoms with Gasteiger partial charge in [-0.1, -0.05) is 35.6 Å². The highest BCUT2D eigenvalue weighted by Crippen LogP contribution is 2.34. The van der Waals surface area contributed by atoms with Crippen LogP contribution in [0.15, 0.2) is 58.2 Å². The van der Waals surface area contributed by atoms with Crippen molar-refractivity contribution in [3.63, 3.8) is 0 Å². The van der Waals surface area contributed by atoms with Crippen molar-refractivity contribution in [2.45, 2.75) is 13.0 Å². The number of aryl methyl sites for hydroxylation is 1. The molecule has 1 unspecified atom stereocenters. The Labute approximate surface area is 181 Å². The number of guanidine groups is 1. The lowest BCUT2D eigenvalue weighted by Crippen LogP contribution is -2.20. The Balaban J connectivity index is 1.49. The minimum absolute atomic E-state index is 0.0637. The maximum absolute atomic E-state index is 12.7. The summed E-state index contributed by atoms with van der Waals surface area (Å²) < 4.78 is 3.95. The van der Waals surface area contributed by atoms with Gasteiger partial charge in [0.25, 0.3) is 5.91 Å². The second kappa shape index (κ2) is 8.64. The fourth-order valence-electron chi connectivity index (χ4n) is 3.02. The van der Waals surface area contributed by atoms with Gasteiger partial charge in [0.1, 0.15) is 6.04 Å². The predicted octanol–water partition coefficient (Wildman–Crippen LogP) is 4.83. The Bertz CT molecular complexity index is 1120. The van der Waals surface area contributed by atoms with E-state index in [0.717, 1.165) is 27.5 Å². The fourth-order valence-corrected chi connectivity index (χ4v) is 4.64. The quantitative estimate of drug-likeness (QED) is 0.258. The third-order valence-electron chi connectivity index (χ3n) is 4.46. The number of benzene rings is 2. The largest absolute Gasteiger partial charge is 0.370 e. The molecule has 3 aromatic rings. The van der Waals surface area contributed by atoms with Gasteiger partial charge in [0.05, 0.1) is 10.6 Å². The molecule has 5 N–H and O–H groups in total. The number of rotatable bonds is 5. The molecule has 30 heavy (non-hydrogen) atoms. The Hall–Kier alpha value is -3.24. The van der Waals surface area contributed by atoms with Crippen molar-refractivity contribution in [1.29, 1.82) is 5.41 Å². The number of nitrogens with zero attached hydrogens (tertiary/aromatic N) is 3. The van der Waals surface area contributed by atoms with Crippen molar-refractivity contribution in [3.05, 3.63) is 65.4 Å². The lowest BCUT2D eigenvalue weighted by molar-refractivity contribution is 0.102. The number of carbonyl (C=O) groups is 1. The molecule has 2 heterocycles. The van der Waals surface area contributed by atoms with Crippen molar-refractivity contribution >= 4 is 46.0 Å². The number of carbonyl (C=O) groups excluding carboxylic acids is 1. The van der Waals surface area contributed by atoms with E-state index < -0.39 is 0 Å². The van der Waals surface area contributed by atoms with Gasteiger partial charge in [0, 0.05) is 17.0 Å². The maximum atomic E-state index is 12.7. The van der Waals surface area contributed by atoms with Gasteiger partial charge in [-0.15, -0.1) is 4.52 Å². The lowest BCUT2D eigenvalue weighted by Gasteiger charge is -2.09. The van der Waals surface area contributed by atoms with E-state index in [1.807, 2.05) is 43.3 Å². The number of nitrogens with two attached hydrogens (primary N) is 1. The van der Waals surface area contributed by atoms with Crippen molar-refractivity contribution in [2.24, 2.45) is 15.4 Å². The molecule has 10 heteroatoms. The highest BCUT2D eigenvalue weighted by Gasteiger charge is 2.16. The van der Waals surface area contributed by atoms with Crippen LogP contribution >= 0.6 is 23.3 Å². The highest BCUT2D eigenvalue weighted by atomic mass is 32.2. The van der Waals surface area contributed by atoms with E-state index in [1.54, 1.807) is 12.1 Å². The number of amides is 1. The van der Waals surface area contributed by atoms with Crippen LogP contribution < -0.4 is 16.4 Å². The van der Waals surface area contributed by atoms with Crippen LogP contribution in [0.2, 0.25) is 0 Å². The molecule has 8 nitrogen and oxygen atoms in total. The summed E-state index contributed by atoms with van der Waals surface area (Å²) in [5.74, 6) is 0.497. The molecule has 0 spiro atoms. The molecule has 0 saturated heterocycles. The molecule has 0 saturated carbocycles. The van der Waals surface area contributed by atoms with Gasteiger partial charge in [-0.3, -0.25) is 10.2 Å². The van der Waals surface area contributed by atoms with E-state index in [1.165, 1.54) is 23.3 Å². The Morgan fingerprint density at radius 1 is 1.20 bits per heavy atom. The van der Waals surface area contributed by atoms with E-state index in [4.69, 9.17) is 11.1 Å². The van der Waals surface area contributed by atoms with Crippen molar-refractivity contribution in [1.82, 2.24) is 4.98 Å². The summed E-state index contributed by atoms with van der Waals surface area (Å²) in [7, 11) is 0. The van der Waals surface area contributed by atoms with Crippen LogP contribution in [0.1, 0.15) is 27.7 Å². The first-order chi connectivity index (χ1) is 14.5. The summed E-state index contributed by atoms with van der Waals surface area (Å²) in [6, 6.07) is 15.1. The molecule has 1 atom stereocenters. The Morgan fingerprint density at radius 2 is 2.00 bits per heavy atom. The van der Waals surface area contributed by atoms with E-state index >= 15 is 0 Å². The summed E-state index contributed by atoms with van der Waals surface area (Å²) >= 11 is 2.85. The average Bonchev–Trinajstić information content (AvgIpc) is 3.38. The third kappa shape index (κ3) is 4.50. The fraction of sp³-hybridized carbons (Fsp3) is 0.150. The minimum Gasteiger partial charge on any atom is -0.370 e. The van der Waals surface area contributed by atoms with Gasteiger partial charge in [-0.25, -0.2) is 4.98 Å². The molecular formula is C20H19N7OS2. The van der Waals surface area contributed by atoms with Crippen molar-refractivity contribution in [3.8, 4) is 10.4 Å². The van der Waals surface area contributed by atoms with Gasteiger partial charge < -0.3 is 16.4 Å². The van der Waals surface area contributed by atoms with Gasteiger partial charge >= 0.3 is 0 Å². The average molecular weight is 438 g/mol. The molecule has 1 amide bonds. The van der Waals surface area contributed by atoms with Crippen molar-refractivity contribution in [2.75, 3.05) is 16.4 Å². The monoisotopic (exact) mass is 437 g/mol. The van der Waals surface area contributed by atoms with Crippen LogP contribution in [0.5, 0.6) is 0 Å². The zero-order chi connectivity index (χ0) is 21.1. The Kier molecular flexibility index (Phi) is 5.77. The van der Waals surface area contributed by atoms with Crippen molar-refractivity contribution < 1.29 is 4.79 Å². The zero-order valence-electron chi connectivity index (χ0n) is 16.0. The number of anilines is 2. The number of nitrogens with one attached hydrogen (secondary N) is 3. The van der Waals surface area contributed by atoms with Crippen LogP contribution in [-0.2, 0) is 0 Å². The molecule has 152 valence electrons. The molecule has 4 rings (SSSR count). The zero-order valence-corrected chi connectivity index (χ0v) is 17.7. The van der Waals surface area contributed by atoms with E-state index in [0.29, 0.717) is 16.4 Å². The van der Waals surface area contributed by atoms with Crippen LogP contribution in [0.3, 0.4) is 0 Å². The number of hydrogen-bond donors (Lipinski definition) is 4. The summed E-state index contributed by atoms with van der Waals surface area (Å²) in [6.45, 7) is 1.90. The first kappa shape index (κ1) is 20.0. The highest BCUT2D eigenvalue weighted by molar-refractivity contribution is 7.98. The van der Waals surface area contributed by atoms with Crippen LogP contribution in [-0.4, -0.2) is 22.6 Å². The summed E-state index contributed by atoms with van der Waals surface area (Å²) in [5.41, 5.74) is 9.46. The van der Waals surface area contributed by atoms with E-state index in [-0.39, 0.29) is 17.9 Å². The molecule has 1 aliphatic rings. The minimum atomic E-state index is -0.180. The smallest absolute Gasteiger partial charge is 0.255 e. The van der Waals surface area contributed by atoms with E-state index in [2.05, 4.69) is 25.3 Å². The van der Waals surface area contributed by atoms with E-state index in [9.17, 15) is 4.79 Å². The first-order valence-electron chi connectivity index (χ1n) is 9.12. The molecule has 0 radical (unpaired) electrons. The third-order valence-corrected chi connectivity index (χ3v) is 6.25. The Morgan fingerprint density at radius 3 is 2.70 bits per heavy atom. The summed E-state index contributed by atoms with van der Waals surface area (Å²) in [6.07, 6.45) is 0. The molecule has 2 aromatic carbocycles. The van der Waals surface area contributed by atoms with Crippen LogP contribution in [0, 0.1) is 12.3 Å². The lowest BCUT2D eigenvalue weighted by atomic mass is 10.1. The van der Waals surface area contributed by atoms with Gasteiger partial charge in [0.15, 0.2) is 11.1 Å². The first-order valence-corrected chi connectivity index (χ1v) is 10.9. The summed E-state index contributed by atoms with van der Waals surface area (Å²) in [5, 5.41) is 17.7. The molecule has 0 aliphatic carbocycles. The predicted molar refractivity (Wildman–Crippen MR) is 122 cm³/mol. The second-order valence-corrected chi connectivity index (χ2v) is 8.39. The molecular weight excluding hydrogens is 418 g/mol. The number of thiazole rings is 1. The SMILES string of the molecule is Cc1nc(NC(=N)N)sc1-c1cccc(NC(=O)c2ccc(C3CSN=N3)cc2)c1. The van der Waals surface area contributed by atoms with Crippen LogP contribution in [0.4, 0.5) is 10.8 Å². The normalized spacial score (nSPS) is 15.2. The topological polar surface area (TPSA) is 129 Å². The number of hydrogen-bond acceptors (Lipinski definition) is 7. The molecule has 1 aliphatic heterocycles. The molecule has 1 aromatic heterocycles. The standard InChI is InChI=1S/C20H19N7OS2/c1-11-17(30-20(23-11)25-19(21)22)14-3-2-4-15(9-14)24-18(28)13-7-5-12(6-8-13)16-10-29-27-26-16/h2-9,16H,10H2,1H3,(H,24,28)(H4,21,22,23,25). The van der Waals surface area contributed by atoms with Gasteiger partial charge in [-0.2, -0.15) is 5.11 Å². The van der Waals surface area contributed by atoms with Crippen LogP contribution in [0.25, 0.3) is 10.4 Å². The van der Waals surface area contributed by atoms with Gasteiger partial charge in [0.2, 0.25) is 0 Å². The maximum Gasteiger partial charge on any atom is 0.255 e. The number of aromatic nitrogens is 1. The second-order valence-electron chi connectivity index (χ2n) is 6.64.